The minimum Gasteiger partial charge on any atom is -0.352 e. The number of carbonyl (C=O) groups excluding carboxylic acids is 1. The molecule has 26 heavy (non-hydrogen) atoms. The number of nitrogens with one attached hydrogen (secondary N) is 1. The van der Waals surface area contributed by atoms with Gasteiger partial charge in [0, 0.05) is 24.8 Å². The van der Waals surface area contributed by atoms with E-state index in [1.165, 1.54) is 25.7 Å². The summed E-state index contributed by atoms with van der Waals surface area (Å²) in [5.74, 6) is 0.340. The fourth-order valence-electron chi connectivity index (χ4n) is 4.67. The maximum atomic E-state index is 12.7. The van der Waals surface area contributed by atoms with Gasteiger partial charge >= 0.3 is 0 Å². The molecule has 2 heterocycles. The van der Waals surface area contributed by atoms with Crippen molar-refractivity contribution in [2.45, 2.75) is 70.4 Å². The first-order valence-electron chi connectivity index (χ1n) is 10.4. The zero-order chi connectivity index (χ0) is 18.1. The quantitative estimate of drug-likeness (QED) is 0.882. The minimum absolute atomic E-state index is 0.124. The molecule has 1 saturated heterocycles. The lowest BCUT2D eigenvalue weighted by molar-refractivity contribution is 0.0922. The Hall–Kier alpha value is -1.62. The molecular formula is C21H31N3O2. The number of pyridine rings is 1. The van der Waals surface area contributed by atoms with Crippen LogP contribution in [0.2, 0.25) is 0 Å². The van der Waals surface area contributed by atoms with Crippen LogP contribution < -0.4 is 10.9 Å². The van der Waals surface area contributed by atoms with E-state index in [1.54, 1.807) is 4.57 Å². The molecule has 1 aromatic rings. The Bertz CT molecular complexity index is 708. The maximum Gasteiger partial charge on any atom is 0.263 e. The van der Waals surface area contributed by atoms with Gasteiger partial charge in [-0.3, -0.25) is 9.59 Å². The van der Waals surface area contributed by atoms with E-state index >= 15 is 0 Å². The van der Waals surface area contributed by atoms with Crippen LogP contribution in [-0.4, -0.2) is 41.1 Å². The highest BCUT2D eigenvalue weighted by Crippen LogP contribution is 2.33. The van der Waals surface area contributed by atoms with Crippen LogP contribution in [0.4, 0.5) is 0 Å². The monoisotopic (exact) mass is 357 g/mol. The van der Waals surface area contributed by atoms with Crippen molar-refractivity contribution in [1.82, 2.24) is 14.8 Å². The Labute approximate surface area is 155 Å². The summed E-state index contributed by atoms with van der Waals surface area (Å²) in [7, 11) is 0. The van der Waals surface area contributed by atoms with E-state index in [9.17, 15) is 9.59 Å². The van der Waals surface area contributed by atoms with Gasteiger partial charge in [0.25, 0.3) is 11.5 Å². The van der Waals surface area contributed by atoms with E-state index in [-0.39, 0.29) is 11.5 Å². The van der Waals surface area contributed by atoms with Crippen molar-refractivity contribution >= 4 is 5.91 Å². The second-order valence-electron chi connectivity index (χ2n) is 8.44. The highest BCUT2D eigenvalue weighted by Gasteiger charge is 2.29. The molecule has 0 radical (unpaired) electrons. The number of piperidine rings is 1. The first-order chi connectivity index (χ1) is 12.6. The number of aromatic nitrogens is 1. The first-order valence-corrected chi connectivity index (χ1v) is 10.4. The Morgan fingerprint density at radius 1 is 1.08 bits per heavy atom. The fraction of sp³-hybridized carbons (Fsp3) is 0.714. The molecule has 1 amide bonds. The van der Waals surface area contributed by atoms with E-state index in [2.05, 4.69) is 10.2 Å². The van der Waals surface area contributed by atoms with Gasteiger partial charge in [-0.15, -0.1) is 0 Å². The average molecular weight is 357 g/mol. The van der Waals surface area contributed by atoms with E-state index in [1.807, 2.05) is 19.2 Å². The molecule has 1 aromatic heterocycles. The molecule has 3 aliphatic rings. The largest absolute Gasteiger partial charge is 0.352 e. The van der Waals surface area contributed by atoms with Crippen molar-refractivity contribution in [2.24, 2.45) is 5.92 Å². The number of amides is 1. The second-order valence-corrected chi connectivity index (χ2v) is 8.44. The zero-order valence-corrected chi connectivity index (χ0v) is 15.9. The topological polar surface area (TPSA) is 54.3 Å². The highest BCUT2D eigenvalue weighted by atomic mass is 16.2. The summed E-state index contributed by atoms with van der Waals surface area (Å²) >= 11 is 0. The third-order valence-corrected chi connectivity index (χ3v) is 6.54. The van der Waals surface area contributed by atoms with Gasteiger partial charge in [-0.2, -0.15) is 0 Å². The van der Waals surface area contributed by atoms with Crippen LogP contribution in [0.15, 0.2) is 17.1 Å². The molecule has 0 atom stereocenters. The highest BCUT2D eigenvalue weighted by molar-refractivity contribution is 5.95. The Balaban J connectivity index is 1.32. The Morgan fingerprint density at radius 2 is 1.77 bits per heavy atom. The van der Waals surface area contributed by atoms with E-state index in [0.29, 0.717) is 24.1 Å². The van der Waals surface area contributed by atoms with Gasteiger partial charge in [0.05, 0.1) is 0 Å². The summed E-state index contributed by atoms with van der Waals surface area (Å²) in [5, 5.41) is 3.05. The summed E-state index contributed by atoms with van der Waals surface area (Å²) in [4.78, 5) is 28.0. The number of carbonyl (C=O) groups is 1. The molecule has 5 nitrogen and oxygen atoms in total. The normalized spacial score (nSPS) is 22.7. The lowest BCUT2D eigenvalue weighted by Gasteiger charge is -2.36. The van der Waals surface area contributed by atoms with Crippen molar-refractivity contribution in [2.75, 3.05) is 19.6 Å². The SMILES string of the molecule is Cc1ccn(C2CC2)c(=O)c1C(=O)NCC1CCN(C2CCCC2)CC1. The van der Waals surface area contributed by atoms with Crippen LogP contribution in [0.1, 0.15) is 73.3 Å². The molecule has 5 heteroatoms. The van der Waals surface area contributed by atoms with Crippen LogP contribution in [-0.2, 0) is 0 Å². The molecular weight excluding hydrogens is 326 g/mol. The molecule has 1 aliphatic heterocycles. The summed E-state index contributed by atoms with van der Waals surface area (Å²) < 4.78 is 1.74. The van der Waals surface area contributed by atoms with E-state index < -0.39 is 0 Å². The van der Waals surface area contributed by atoms with Gasteiger partial charge in [-0.25, -0.2) is 0 Å². The molecule has 1 N–H and O–H groups in total. The van der Waals surface area contributed by atoms with Crippen LogP contribution in [0, 0.1) is 12.8 Å². The molecule has 0 bridgehead atoms. The van der Waals surface area contributed by atoms with Gasteiger partial charge in [0.2, 0.25) is 0 Å². The van der Waals surface area contributed by atoms with Crippen molar-refractivity contribution in [3.05, 3.63) is 33.7 Å². The Kier molecular flexibility index (Phi) is 5.16. The Morgan fingerprint density at radius 3 is 2.42 bits per heavy atom. The lowest BCUT2D eigenvalue weighted by atomic mass is 9.95. The first kappa shape index (κ1) is 17.8. The summed E-state index contributed by atoms with van der Waals surface area (Å²) in [6.07, 6.45) is 11.7. The van der Waals surface area contributed by atoms with Crippen molar-refractivity contribution < 1.29 is 4.79 Å². The predicted octanol–water partition coefficient (Wildman–Crippen LogP) is 2.88. The van der Waals surface area contributed by atoms with Crippen LogP contribution in [0.25, 0.3) is 0 Å². The minimum atomic E-state index is -0.194. The van der Waals surface area contributed by atoms with Crippen molar-refractivity contribution in [1.29, 1.82) is 0 Å². The molecule has 0 aromatic carbocycles. The third kappa shape index (κ3) is 3.73. The molecule has 3 fully saturated rings. The van der Waals surface area contributed by atoms with E-state index in [0.717, 1.165) is 50.4 Å². The zero-order valence-electron chi connectivity index (χ0n) is 15.9. The van der Waals surface area contributed by atoms with Gasteiger partial charge in [0.15, 0.2) is 0 Å². The molecule has 0 spiro atoms. The van der Waals surface area contributed by atoms with Gasteiger partial charge in [-0.05, 0) is 76.1 Å². The predicted molar refractivity (Wildman–Crippen MR) is 103 cm³/mol. The van der Waals surface area contributed by atoms with Gasteiger partial charge in [0.1, 0.15) is 5.56 Å². The summed E-state index contributed by atoms with van der Waals surface area (Å²) in [6, 6.07) is 3.00. The number of rotatable bonds is 5. The second kappa shape index (κ2) is 7.55. The van der Waals surface area contributed by atoms with Crippen molar-refractivity contribution in [3.63, 3.8) is 0 Å². The van der Waals surface area contributed by atoms with Gasteiger partial charge < -0.3 is 14.8 Å². The number of nitrogens with zero attached hydrogens (tertiary/aromatic N) is 2. The number of hydrogen-bond acceptors (Lipinski definition) is 3. The van der Waals surface area contributed by atoms with E-state index in [4.69, 9.17) is 0 Å². The molecule has 0 unspecified atom stereocenters. The molecule has 2 aliphatic carbocycles. The van der Waals surface area contributed by atoms with Crippen LogP contribution in [0.5, 0.6) is 0 Å². The summed E-state index contributed by atoms with van der Waals surface area (Å²) in [5.41, 5.74) is 0.990. The standard InChI is InChI=1S/C21H31N3O2/c1-15-8-13-24(18-6-7-18)21(26)19(15)20(25)22-14-16-9-11-23(12-10-16)17-4-2-3-5-17/h8,13,16-18H,2-7,9-12,14H2,1H3,(H,22,25). The number of hydrogen-bond donors (Lipinski definition) is 1. The molecule has 2 saturated carbocycles. The third-order valence-electron chi connectivity index (χ3n) is 6.54. The lowest BCUT2D eigenvalue weighted by Crippen LogP contribution is -2.43. The number of aryl methyl sites for hydroxylation is 1. The number of likely N-dealkylation sites (tertiary alicyclic amines) is 1. The molecule has 142 valence electrons. The average Bonchev–Trinajstić information content (AvgIpc) is 3.33. The van der Waals surface area contributed by atoms with Crippen molar-refractivity contribution in [3.8, 4) is 0 Å². The van der Waals surface area contributed by atoms with Gasteiger partial charge in [-0.1, -0.05) is 12.8 Å². The fourth-order valence-corrected chi connectivity index (χ4v) is 4.67. The maximum absolute atomic E-state index is 12.7. The molecule has 4 rings (SSSR count). The van der Waals surface area contributed by atoms with Crippen LogP contribution >= 0.6 is 0 Å². The smallest absolute Gasteiger partial charge is 0.263 e. The van der Waals surface area contributed by atoms with Crippen LogP contribution in [0.3, 0.4) is 0 Å². The summed E-state index contributed by atoms with van der Waals surface area (Å²) in [6.45, 7) is 4.86.